The first-order valence-electron chi connectivity index (χ1n) is 6.48. The second-order valence-electron chi connectivity index (χ2n) is 4.81. The summed E-state index contributed by atoms with van der Waals surface area (Å²) in [7, 11) is 1.86. The number of rotatable bonds is 1. The van der Waals surface area contributed by atoms with Gasteiger partial charge in [0.15, 0.2) is 5.17 Å². The molecule has 2 aliphatic heterocycles. The molecule has 5 nitrogen and oxygen atoms in total. The second kappa shape index (κ2) is 5.21. The van der Waals surface area contributed by atoms with Crippen molar-refractivity contribution in [3.05, 3.63) is 22.9 Å². The normalized spacial score (nSPS) is 22.2. The zero-order valence-corrected chi connectivity index (χ0v) is 11.7. The number of amidine groups is 1. The highest BCUT2D eigenvalue weighted by molar-refractivity contribution is 8.18. The van der Waals surface area contributed by atoms with Gasteiger partial charge in [0, 0.05) is 31.9 Å². The van der Waals surface area contributed by atoms with Crippen molar-refractivity contribution in [2.45, 2.75) is 19.3 Å². The molecule has 0 spiro atoms. The molecule has 0 aromatic carbocycles. The average molecular weight is 276 g/mol. The molecule has 1 aromatic heterocycles. The fraction of sp³-hybridized carbons (Fsp3) is 0.462. The van der Waals surface area contributed by atoms with E-state index in [0.717, 1.165) is 23.8 Å². The number of carbonyl (C=O) groups excluding carboxylic acids is 1. The summed E-state index contributed by atoms with van der Waals surface area (Å²) in [6.45, 7) is 2.03. The van der Waals surface area contributed by atoms with Crippen molar-refractivity contribution in [1.29, 1.82) is 0 Å². The first kappa shape index (κ1) is 12.5. The zero-order valence-electron chi connectivity index (χ0n) is 10.9. The molecular formula is C13H16N4OS. The van der Waals surface area contributed by atoms with Gasteiger partial charge in [0.1, 0.15) is 0 Å². The SMILES string of the molecule is Cn1cc(/C=C2/SC(N3CCCCC3)=NC2=O)cn1. The van der Waals surface area contributed by atoms with Crippen molar-refractivity contribution in [1.82, 2.24) is 14.7 Å². The summed E-state index contributed by atoms with van der Waals surface area (Å²) in [5.74, 6) is -0.130. The molecule has 6 heteroatoms. The van der Waals surface area contributed by atoms with Crippen LogP contribution in [0.15, 0.2) is 22.3 Å². The molecule has 0 N–H and O–H groups in total. The van der Waals surface area contributed by atoms with Gasteiger partial charge in [-0.1, -0.05) is 0 Å². The Morgan fingerprint density at radius 1 is 1.32 bits per heavy atom. The van der Waals surface area contributed by atoms with E-state index in [-0.39, 0.29) is 5.91 Å². The monoisotopic (exact) mass is 276 g/mol. The standard InChI is InChI=1S/C13H16N4OS/c1-16-9-10(8-14-16)7-11-12(18)15-13(19-11)17-5-3-2-4-6-17/h7-9H,2-6H2,1H3/b11-7+. The van der Waals surface area contributed by atoms with Gasteiger partial charge in [-0.15, -0.1) is 0 Å². The Morgan fingerprint density at radius 2 is 2.11 bits per heavy atom. The van der Waals surface area contributed by atoms with Gasteiger partial charge in [0.25, 0.3) is 5.91 Å². The maximum atomic E-state index is 11.9. The smallest absolute Gasteiger partial charge is 0.286 e. The molecule has 19 heavy (non-hydrogen) atoms. The van der Waals surface area contributed by atoms with Crippen LogP contribution >= 0.6 is 11.8 Å². The Hall–Kier alpha value is -1.56. The summed E-state index contributed by atoms with van der Waals surface area (Å²) in [5, 5.41) is 4.96. The molecule has 1 fully saturated rings. The molecule has 0 saturated carbocycles. The molecule has 1 amide bonds. The molecule has 3 heterocycles. The third-order valence-electron chi connectivity index (χ3n) is 3.26. The number of hydrogen-bond donors (Lipinski definition) is 0. The molecule has 0 radical (unpaired) electrons. The van der Waals surface area contributed by atoms with Gasteiger partial charge in [-0.25, -0.2) is 0 Å². The van der Waals surface area contributed by atoms with Crippen LogP contribution in [-0.2, 0) is 11.8 Å². The quantitative estimate of drug-likeness (QED) is 0.735. The van der Waals surface area contributed by atoms with Crippen LogP contribution in [0, 0.1) is 0 Å². The predicted molar refractivity (Wildman–Crippen MR) is 76.6 cm³/mol. The van der Waals surface area contributed by atoms with Gasteiger partial charge in [0.05, 0.1) is 11.1 Å². The van der Waals surface area contributed by atoms with Crippen LogP contribution < -0.4 is 0 Å². The van der Waals surface area contributed by atoms with Crippen molar-refractivity contribution in [3.63, 3.8) is 0 Å². The summed E-state index contributed by atoms with van der Waals surface area (Å²) in [5.41, 5.74) is 0.938. The van der Waals surface area contributed by atoms with Crippen molar-refractivity contribution < 1.29 is 4.79 Å². The Balaban J connectivity index is 1.74. The summed E-state index contributed by atoms with van der Waals surface area (Å²) in [4.78, 5) is 19.0. The fourth-order valence-corrected chi connectivity index (χ4v) is 3.25. The highest BCUT2D eigenvalue weighted by Crippen LogP contribution is 2.31. The van der Waals surface area contributed by atoms with Gasteiger partial charge < -0.3 is 4.90 Å². The third-order valence-corrected chi connectivity index (χ3v) is 4.30. The van der Waals surface area contributed by atoms with Crippen LogP contribution in [0.2, 0.25) is 0 Å². The van der Waals surface area contributed by atoms with Crippen molar-refractivity contribution in [3.8, 4) is 0 Å². The van der Waals surface area contributed by atoms with E-state index in [9.17, 15) is 4.79 Å². The molecule has 0 aliphatic carbocycles. The van der Waals surface area contributed by atoms with E-state index >= 15 is 0 Å². The van der Waals surface area contributed by atoms with Crippen LogP contribution in [0.1, 0.15) is 24.8 Å². The molecule has 1 aromatic rings. The second-order valence-corrected chi connectivity index (χ2v) is 5.81. The number of carbonyl (C=O) groups is 1. The molecule has 0 bridgehead atoms. The maximum absolute atomic E-state index is 11.9. The number of hydrogen-bond acceptors (Lipinski definition) is 4. The maximum Gasteiger partial charge on any atom is 0.286 e. The Labute approximate surface area is 116 Å². The highest BCUT2D eigenvalue weighted by Gasteiger charge is 2.26. The first-order valence-corrected chi connectivity index (χ1v) is 7.30. The predicted octanol–water partition coefficient (Wildman–Crippen LogP) is 1.88. The fourth-order valence-electron chi connectivity index (χ4n) is 2.28. The minimum atomic E-state index is -0.130. The lowest BCUT2D eigenvalue weighted by Gasteiger charge is -2.27. The van der Waals surface area contributed by atoms with Gasteiger partial charge in [-0.2, -0.15) is 10.1 Å². The number of aryl methyl sites for hydroxylation is 1. The third kappa shape index (κ3) is 2.73. The summed E-state index contributed by atoms with van der Waals surface area (Å²) >= 11 is 1.48. The van der Waals surface area contributed by atoms with Crippen molar-refractivity contribution in [2.24, 2.45) is 12.0 Å². The zero-order chi connectivity index (χ0) is 13.2. The molecule has 2 aliphatic rings. The van der Waals surface area contributed by atoms with Crippen molar-refractivity contribution >= 4 is 28.9 Å². The van der Waals surface area contributed by atoms with E-state index in [4.69, 9.17) is 0 Å². The Morgan fingerprint density at radius 3 is 2.79 bits per heavy atom. The minimum absolute atomic E-state index is 0.130. The molecule has 3 rings (SSSR count). The lowest BCUT2D eigenvalue weighted by atomic mass is 10.1. The van der Waals surface area contributed by atoms with E-state index < -0.39 is 0 Å². The Bertz CT molecular complexity index is 555. The number of aromatic nitrogens is 2. The number of likely N-dealkylation sites (tertiary alicyclic amines) is 1. The van der Waals surface area contributed by atoms with E-state index in [2.05, 4.69) is 15.0 Å². The van der Waals surface area contributed by atoms with Gasteiger partial charge in [-0.3, -0.25) is 9.48 Å². The van der Waals surface area contributed by atoms with Gasteiger partial charge in [-0.05, 0) is 37.1 Å². The van der Waals surface area contributed by atoms with Crippen LogP contribution in [-0.4, -0.2) is 38.8 Å². The highest BCUT2D eigenvalue weighted by atomic mass is 32.2. The average Bonchev–Trinajstić information content (AvgIpc) is 2.98. The van der Waals surface area contributed by atoms with Crippen LogP contribution in [0.25, 0.3) is 6.08 Å². The summed E-state index contributed by atoms with van der Waals surface area (Å²) in [6.07, 6.45) is 9.16. The van der Waals surface area contributed by atoms with Crippen LogP contribution in [0.3, 0.4) is 0 Å². The molecule has 0 atom stereocenters. The molecule has 0 unspecified atom stereocenters. The van der Waals surface area contributed by atoms with E-state index in [1.165, 1.54) is 31.0 Å². The molecule has 100 valence electrons. The van der Waals surface area contributed by atoms with Gasteiger partial charge >= 0.3 is 0 Å². The van der Waals surface area contributed by atoms with E-state index in [0.29, 0.717) is 4.91 Å². The number of piperidine rings is 1. The Kier molecular flexibility index (Phi) is 3.42. The summed E-state index contributed by atoms with van der Waals surface area (Å²) < 4.78 is 1.73. The minimum Gasteiger partial charge on any atom is -0.351 e. The molecule has 1 saturated heterocycles. The topological polar surface area (TPSA) is 50.5 Å². The summed E-state index contributed by atoms with van der Waals surface area (Å²) in [6, 6.07) is 0. The molecular weight excluding hydrogens is 260 g/mol. The van der Waals surface area contributed by atoms with Crippen molar-refractivity contribution in [2.75, 3.05) is 13.1 Å². The van der Waals surface area contributed by atoms with Gasteiger partial charge in [0.2, 0.25) is 0 Å². The number of nitrogens with zero attached hydrogens (tertiary/aromatic N) is 4. The number of aliphatic imine (C=N–C) groups is 1. The number of thioether (sulfide) groups is 1. The van der Waals surface area contributed by atoms with E-state index in [1.807, 2.05) is 19.3 Å². The number of amides is 1. The first-order chi connectivity index (χ1) is 9.22. The lowest BCUT2D eigenvalue weighted by molar-refractivity contribution is -0.113. The lowest BCUT2D eigenvalue weighted by Crippen LogP contribution is -2.33. The van der Waals surface area contributed by atoms with E-state index in [1.54, 1.807) is 10.9 Å². The van der Waals surface area contributed by atoms with Crippen LogP contribution in [0.5, 0.6) is 0 Å². The largest absolute Gasteiger partial charge is 0.351 e. The van der Waals surface area contributed by atoms with Crippen LogP contribution in [0.4, 0.5) is 0 Å².